The summed E-state index contributed by atoms with van der Waals surface area (Å²) in [6, 6.07) is 7.75. The number of fused-ring (bicyclic) bond motifs is 1. The molecule has 1 spiro atoms. The van der Waals surface area contributed by atoms with Gasteiger partial charge in [0.15, 0.2) is 0 Å². The lowest BCUT2D eigenvalue weighted by atomic mass is 9.65. The number of hydrogen-bond donors (Lipinski definition) is 1. The van der Waals surface area contributed by atoms with Gasteiger partial charge in [-0.1, -0.05) is 58.2 Å². The molecule has 2 amide bonds. The standard InChI is InChI=1S/C22H32N2O2/c1-4-14-23-20(25)19-17-10-6-7-11-18(17)21(26)24(15-16(2)3)22(19)12-8-5-9-13-22/h6-7,10-11,16,19H,4-5,8-9,12-15H2,1-3H3,(H,23,25)/t19-/m0/s1. The number of carbonyl (C=O) groups excluding carboxylic acids is 2. The largest absolute Gasteiger partial charge is 0.356 e. The van der Waals surface area contributed by atoms with Crippen LogP contribution in [0.1, 0.15) is 81.1 Å². The third kappa shape index (κ3) is 3.26. The molecule has 1 N–H and O–H groups in total. The number of amides is 2. The highest BCUT2D eigenvalue weighted by Gasteiger charge is 2.54. The first-order valence-corrected chi connectivity index (χ1v) is 10.2. The van der Waals surface area contributed by atoms with Crippen LogP contribution in [0.25, 0.3) is 0 Å². The van der Waals surface area contributed by atoms with Crippen molar-refractivity contribution in [3.63, 3.8) is 0 Å². The third-order valence-corrected chi connectivity index (χ3v) is 5.90. The van der Waals surface area contributed by atoms with E-state index in [1.165, 1.54) is 6.42 Å². The molecule has 26 heavy (non-hydrogen) atoms. The Hall–Kier alpha value is -1.84. The molecule has 4 heteroatoms. The van der Waals surface area contributed by atoms with Crippen LogP contribution in [0.15, 0.2) is 24.3 Å². The first-order valence-electron chi connectivity index (χ1n) is 10.2. The fourth-order valence-corrected chi connectivity index (χ4v) is 4.82. The van der Waals surface area contributed by atoms with E-state index in [1.54, 1.807) is 0 Å². The van der Waals surface area contributed by atoms with E-state index in [4.69, 9.17) is 0 Å². The molecular weight excluding hydrogens is 324 g/mol. The molecule has 142 valence electrons. The number of rotatable bonds is 5. The second kappa shape index (κ2) is 7.81. The summed E-state index contributed by atoms with van der Waals surface area (Å²) in [5, 5.41) is 3.13. The average molecular weight is 357 g/mol. The zero-order valence-corrected chi connectivity index (χ0v) is 16.4. The Balaban J connectivity index is 2.13. The van der Waals surface area contributed by atoms with Gasteiger partial charge in [0.25, 0.3) is 5.91 Å². The van der Waals surface area contributed by atoms with Gasteiger partial charge in [-0.2, -0.15) is 0 Å². The van der Waals surface area contributed by atoms with E-state index in [0.29, 0.717) is 24.6 Å². The van der Waals surface area contributed by atoms with Gasteiger partial charge in [0, 0.05) is 18.7 Å². The van der Waals surface area contributed by atoms with E-state index in [2.05, 4.69) is 31.0 Å². The predicted octanol–water partition coefficient (Wildman–Crippen LogP) is 4.11. The van der Waals surface area contributed by atoms with Crippen molar-refractivity contribution in [3.05, 3.63) is 35.4 Å². The van der Waals surface area contributed by atoms with Crippen molar-refractivity contribution in [2.75, 3.05) is 13.1 Å². The number of nitrogens with zero attached hydrogens (tertiary/aromatic N) is 1. The Bertz CT molecular complexity index is 662. The van der Waals surface area contributed by atoms with Gasteiger partial charge in [-0.3, -0.25) is 9.59 Å². The Labute approximate surface area is 157 Å². The molecule has 0 unspecified atom stereocenters. The molecular formula is C22H32N2O2. The minimum absolute atomic E-state index is 0.0856. The van der Waals surface area contributed by atoms with Crippen molar-refractivity contribution in [1.29, 1.82) is 0 Å². The lowest BCUT2D eigenvalue weighted by molar-refractivity contribution is -0.127. The van der Waals surface area contributed by atoms with Crippen molar-refractivity contribution in [2.24, 2.45) is 5.92 Å². The van der Waals surface area contributed by atoms with Gasteiger partial charge in [-0.15, -0.1) is 0 Å². The highest BCUT2D eigenvalue weighted by molar-refractivity contribution is 6.02. The Morgan fingerprint density at radius 3 is 2.58 bits per heavy atom. The van der Waals surface area contributed by atoms with Gasteiger partial charge in [0.05, 0.1) is 11.5 Å². The molecule has 0 saturated heterocycles. The zero-order chi connectivity index (χ0) is 18.7. The van der Waals surface area contributed by atoms with Crippen molar-refractivity contribution >= 4 is 11.8 Å². The van der Waals surface area contributed by atoms with Gasteiger partial charge in [-0.05, 0) is 36.8 Å². The number of carbonyl (C=O) groups is 2. The molecule has 1 heterocycles. The molecule has 0 aromatic heterocycles. The summed E-state index contributed by atoms with van der Waals surface area (Å²) in [7, 11) is 0. The summed E-state index contributed by atoms with van der Waals surface area (Å²) in [6.07, 6.45) is 6.12. The van der Waals surface area contributed by atoms with Gasteiger partial charge in [0.1, 0.15) is 0 Å². The summed E-state index contributed by atoms with van der Waals surface area (Å²) in [4.78, 5) is 28.7. The Morgan fingerprint density at radius 1 is 1.23 bits per heavy atom. The number of hydrogen-bond acceptors (Lipinski definition) is 2. The van der Waals surface area contributed by atoms with Gasteiger partial charge in [-0.25, -0.2) is 0 Å². The first kappa shape index (κ1) is 18.9. The van der Waals surface area contributed by atoms with E-state index in [9.17, 15) is 9.59 Å². The summed E-state index contributed by atoms with van der Waals surface area (Å²) >= 11 is 0. The maximum Gasteiger partial charge on any atom is 0.254 e. The zero-order valence-electron chi connectivity index (χ0n) is 16.4. The lowest BCUT2D eigenvalue weighted by Crippen LogP contribution is -2.63. The van der Waals surface area contributed by atoms with Crippen molar-refractivity contribution in [1.82, 2.24) is 10.2 Å². The maximum atomic E-state index is 13.4. The molecule has 1 saturated carbocycles. The van der Waals surface area contributed by atoms with Crippen LogP contribution in [0.4, 0.5) is 0 Å². The van der Waals surface area contributed by atoms with Crippen molar-refractivity contribution < 1.29 is 9.59 Å². The van der Waals surface area contributed by atoms with E-state index in [0.717, 1.165) is 37.7 Å². The smallest absolute Gasteiger partial charge is 0.254 e. The molecule has 4 nitrogen and oxygen atoms in total. The van der Waals surface area contributed by atoms with Crippen LogP contribution < -0.4 is 5.32 Å². The van der Waals surface area contributed by atoms with Crippen LogP contribution in [0.3, 0.4) is 0 Å². The van der Waals surface area contributed by atoms with Crippen LogP contribution in [-0.2, 0) is 4.79 Å². The average Bonchev–Trinajstić information content (AvgIpc) is 2.64. The van der Waals surface area contributed by atoms with E-state index in [-0.39, 0.29) is 23.3 Å². The molecule has 0 radical (unpaired) electrons. The number of benzene rings is 1. The fraction of sp³-hybridized carbons (Fsp3) is 0.636. The summed E-state index contributed by atoms with van der Waals surface area (Å²) in [5.41, 5.74) is 1.26. The molecule has 2 aliphatic rings. The number of nitrogens with one attached hydrogen (secondary N) is 1. The van der Waals surface area contributed by atoms with Crippen LogP contribution in [0.5, 0.6) is 0 Å². The monoisotopic (exact) mass is 356 g/mol. The fourth-order valence-electron chi connectivity index (χ4n) is 4.82. The Kier molecular flexibility index (Phi) is 5.69. The minimum atomic E-state index is -0.369. The van der Waals surface area contributed by atoms with Crippen molar-refractivity contribution in [3.8, 4) is 0 Å². The van der Waals surface area contributed by atoms with Crippen LogP contribution in [0, 0.1) is 5.92 Å². The molecule has 0 bridgehead atoms. The Morgan fingerprint density at radius 2 is 1.92 bits per heavy atom. The van der Waals surface area contributed by atoms with E-state index in [1.807, 2.05) is 24.3 Å². The summed E-state index contributed by atoms with van der Waals surface area (Å²) < 4.78 is 0. The second-order valence-corrected chi connectivity index (χ2v) is 8.29. The molecule has 1 aromatic rings. The van der Waals surface area contributed by atoms with Crippen LogP contribution in [0.2, 0.25) is 0 Å². The first-order chi connectivity index (χ1) is 12.5. The normalized spacial score (nSPS) is 21.8. The van der Waals surface area contributed by atoms with Crippen LogP contribution in [-0.4, -0.2) is 35.3 Å². The highest BCUT2D eigenvalue weighted by Crippen LogP contribution is 2.49. The second-order valence-electron chi connectivity index (χ2n) is 8.29. The van der Waals surface area contributed by atoms with Crippen molar-refractivity contribution in [2.45, 2.75) is 70.8 Å². The van der Waals surface area contributed by atoms with Gasteiger partial charge >= 0.3 is 0 Å². The maximum absolute atomic E-state index is 13.4. The molecule has 1 atom stereocenters. The quantitative estimate of drug-likeness (QED) is 0.863. The highest BCUT2D eigenvalue weighted by atomic mass is 16.2. The molecule has 1 aliphatic heterocycles. The van der Waals surface area contributed by atoms with Gasteiger partial charge < -0.3 is 10.2 Å². The lowest BCUT2D eigenvalue weighted by Gasteiger charge is -2.54. The molecule has 1 aromatic carbocycles. The van der Waals surface area contributed by atoms with E-state index >= 15 is 0 Å². The van der Waals surface area contributed by atoms with E-state index < -0.39 is 0 Å². The molecule has 1 aliphatic carbocycles. The topological polar surface area (TPSA) is 49.4 Å². The van der Waals surface area contributed by atoms with Gasteiger partial charge in [0.2, 0.25) is 5.91 Å². The van der Waals surface area contributed by atoms with Crippen LogP contribution >= 0.6 is 0 Å². The minimum Gasteiger partial charge on any atom is -0.356 e. The summed E-state index contributed by atoms with van der Waals surface area (Å²) in [6.45, 7) is 7.77. The predicted molar refractivity (Wildman–Crippen MR) is 104 cm³/mol. The third-order valence-electron chi connectivity index (χ3n) is 5.90. The SMILES string of the molecule is CCCNC(=O)[C@@H]1c2ccccc2C(=O)N(CC(C)C)C12CCCCC2. The molecule has 1 fully saturated rings. The summed E-state index contributed by atoms with van der Waals surface area (Å²) in [5.74, 6) is 0.308. The molecule has 3 rings (SSSR count).